The molecular formula is C25H32N2O5S. The van der Waals surface area contributed by atoms with Gasteiger partial charge in [0.15, 0.2) is 16.3 Å². The Labute approximate surface area is 198 Å². The molecule has 33 heavy (non-hydrogen) atoms. The molecule has 2 aromatic carbocycles. The second kappa shape index (κ2) is 11.3. The highest BCUT2D eigenvalue weighted by molar-refractivity contribution is 7.16. The molecule has 1 aromatic heterocycles. The number of methoxy groups -OCH3 is 1. The molecule has 0 spiro atoms. The quantitative estimate of drug-likeness (QED) is 0.420. The number of hydrogen-bond donors (Lipinski definition) is 0. The molecule has 1 amide bonds. The molecule has 0 unspecified atom stereocenters. The Morgan fingerprint density at radius 3 is 2.18 bits per heavy atom. The monoisotopic (exact) mass is 472 g/mol. The number of benzene rings is 2. The maximum absolute atomic E-state index is 13.3. The zero-order valence-electron chi connectivity index (χ0n) is 20.2. The molecule has 0 N–H and O–H groups in total. The molecule has 0 bridgehead atoms. The van der Waals surface area contributed by atoms with Crippen molar-refractivity contribution in [1.82, 2.24) is 4.57 Å². The van der Waals surface area contributed by atoms with E-state index in [1.165, 1.54) is 11.3 Å². The van der Waals surface area contributed by atoms with E-state index in [1.807, 2.05) is 25.3 Å². The van der Waals surface area contributed by atoms with Crippen molar-refractivity contribution in [1.29, 1.82) is 0 Å². The Hall–Kier alpha value is -2.84. The van der Waals surface area contributed by atoms with Crippen LogP contribution >= 0.6 is 11.3 Å². The SMILES string of the molecule is CCOc1cc(C(=O)N=c2sc3c(C)cc(C)cc3n2CCOC)cc(OCC)c1OCC. The second-order valence-corrected chi connectivity index (χ2v) is 8.45. The lowest BCUT2D eigenvalue weighted by molar-refractivity contribution is 0.0996. The predicted molar refractivity (Wildman–Crippen MR) is 131 cm³/mol. The van der Waals surface area contributed by atoms with Gasteiger partial charge in [-0.3, -0.25) is 4.79 Å². The fourth-order valence-electron chi connectivity index (χ4n) is 3.66. The van der Waals surface area contributed by atoms with Crippen LogP contribution in [-0.4, -0.2) is 44.0 Å². The summed E-state index contributed by atoms with van der Waals surface area (Å²) < 4.78 is 25.7. The smallest absolute Gasteiger partial charge is 0.279 e. The summed E-state index contributed by atoms with van der Waals surface area (Å²) in [5.74, 6) is 1.07. The van der Waals surface area contributed by atoms with Crippen LogP contribution in [0.4, 0.5) is 0 Å². The number of aryl methyl sites for hydroxylation is 2. The second-order valence-electron chi connectivity index (χ2n) is 7.48. The lowest BCUT2D eigenvalue weighted by atomic mass is 10.1. The Bertz CT molecular complexity index is 1170. The molecule has 178 valence electrons. The van der Waals surface area contributed by atoms with E-state index in [0.717, 1.165) is 21.3 Å². The number of carbonyl (C=O) groups is 1. The first kappa shape index (κ1) is 24.8. The van der Waals surface area contributed by atoms with Crippen LogP contribution < -0.4 is 19.0 Å². The van der Waals surface area contributed by atoms with E-state index in [0.29, 0.717) is 60.6 Å². The molecule has 0 aliphatic heterocycles. The molecule has 1 heterocycles. The van der Waals surface area contributed by atoms with E-state index < -0.39 is 0 Å². The molecule has 0 fully saturated rings. The standard InChI is InChI=1S/C25H32N2O5S/c1-7-30-20-14-18(15-21(31-8-2)22(20)32-9-3)24(28)26-25-27(10-11-29-6)19-13-16(4)12-17(5)23(19)33-25/h12-15H,7-11H2,1-6H3. The minimum atomic E-state index is -0.368. The van der Waals surface area contributed by atoms with Crippen LogP contribution in [0, 0.1) is 13.8 Å². The van der Waals surface area contributed by atoms with Gasteiger partial charge in [0, 0.05) is 19.2 Å². The lowest BCUT2D eigenvalue weighted by Gasteiger charge is -2.16. The van der Waals surface area contributed by atoms with Gasteiger partial charge in [-0.05, 0) is 63.9 Å². The molecule has 7 nitrogen and oxygen atoms in total. The normalized spacial score (nSPS) is 11.8. The third kappa shape index (κ3) is 5.57. The highest BCUT2D eigenvalue weighted by Gasteiger charge is 2.19. The van der Waals surface area contributed by atoms with Gasteiger partial charge in [-0.15, -0.1) is 0 Å². The third-order valence-electron chi connectivity index (χ3n) is 4.99. The van der Waals surface area contributed by atoms with Gasteiger partial charge >= 0.3 is 0 Å². The average Bonchev–Trinajstić information content (AvgIpc) is 3.11. The predicted octanol–water partition coefficient (Wildman–Crippen LogP) is 4.90. The van der Waals surface area contributed by atoms with Crippen molar-refractivity contribution >= 4 is 27.5 Å². The molecule has 3 rings (SSSR count). The van der Waals surface area contributed by atoms with Gasteiger partial charge < -0.3 is 23.5 Å². The number of fused-ring (bicyclic) bond motifs is 1. The average molecular weight is 473 g/mol. The minimum absolute atomic E-state index is 0.368. The zero-order chi connectivity index (χ0) is 24.0. The maximum Gasteiger partial charge on any atom is 0.279 e. The molecule has 0 atom stereocenters. The van der Waals surface area contributed by atoms with E-state index in [2.05, 4.69) is 31.0 Å². The number of hydrogen-bond acceptors (Lipinski definition) is 6. The van der Waals surface area contributed by atoms with E-state index >= 15 is 0 Å². The number of thiazole rings is 1. The van der Waals surface area contributed by atoms with Crippen molar-refractivity contribution < 1.29 is 23.7 Å². The summed E-state index contributed by atoms with van der Waals surface area (Å²) in [6.45, 7) is 12.3. The van der Waals surface area contributed by atoms with Gasteiger partial charge in [0.05, 0.1) is 36.6 Å². The summed E-state index contributed by atoms with van der Waals surface area (Å²) in [4.78, 5) is 18.4. The Balaban J connectivity index is 2.15. The van der Waals surface area contributed by atoms with Crippen LogP contribution in [0.25, 0.3) is 10.2 Å². The van der Waals surface area contributed by atoms with Gasteiger partial charge in [-0.1, -0.05) is 17.4 Å². The van der Waals surface area contributed by atoms with E-state index in [-0.39, 0.29) is 5.91 Å². The summed E-state index contributed by atoms with van der Waals surface area (Å²) >= 11 is 1.51. The summed E-state index contributed by atoms with van der Waals surface area (Å²) in [5, 5.41) is 0. The van der Waals surface area contributed by atoms with Crippen LogP contribution in [0.15, 0.2) is 29.3 Å². The van der Waals surface area contributed by atoms with Crippen molar-refractivity contribution in [2.24, 2.45) is 4.99 Å². The van der Waals surface area contributed by atoms with Crippen molar-refractivity contribution in [3.05, 3.63) is 45.8 Å². The number of amides is 1. The summed E-state index contributed by atoms with van der Waals surface area (Å²) in [7, 11) is 1.66. The van der Waals surface area contributed by atoms with Crippen LogP contribution in [0.3, 0.4) is 0 Å². The Morgan fingerprint density at radius 1 is 0.970 bits per heavy atom. The first-order chi connectivity index (χ1) is 15.9. The maximum atomic E-state index is 13.3. The Kier molecular flexibility index (Phi) is 8.52. The third-order valence-corrected chi connectivity index (χ3v) is 6.22. The number of nitrogens with zero attached hydrogens (tertiary/aromatic N) is 2. The van der Waals surface area contributed by atoms with Gasteiger partial charge in [0.2, 0.25) is 5.75 Å². The fraction of sp³-hybridized carbons (Fsp3) is 0.440. The number of rotatable bonds is 10. The Morgan fingerprint density at radius 2 is 1.61 bits per heavy atom. The molecular weight excluding hydrogens is 440 g/mol. The highest BCUT2D eigenvalue weighted by atomic mass is 32.1. The van der Waals surface area contributed by atoms with Gasteiger partial charge in [0.25, 0.3) is 5.91 Å². The van der Waals surface area contributed by atoms with E-state index in [1.54, 1.807) is 19.2 Å². The van der Waals surface area contributed by atoms with Gasteiger partial charge in [-0.25, -0.2) is 0 Å². The van der Waals surface area contributed by atoms with Crippen LogP contribution in [0.5, 0.6) is 17.2 Å². The number of ether oxygens (including phenoxy) is 4. The summed E-state index contributed by atoms with van der Waals surface area (Å²) in [5.41, 5.74) is 3.76. The van der Waals surface area contributed by atoms with Gasteiger partial charge in [0.1, 0.15) is 0 Å². The first-order valence-electron chi connectivity index (χ1n) is 11.2. The summed E-state index contributed by atoms with van der Waals surface area (Å²) in [6.07, 6.45) is 0. The summed E-state index contributed by atoms with van der Waals surface area (Å²) in [6, 6.07) is 7.60. The van der Waals surface area contributed by atoms with Crippen LogP contribution in [-0.2, 0) is 11.3 Å². The van der Waals surface area contributed by atoms with Crippen molar-refractivity contribution in [2.75, 3.05) is 33.5 Å². The lowest BCUT2D eigenvalue weighted by Crippen LogP contribution is -2.19. The van der Waals surface area contributed by atoms with Crippen molar-refractivity contribution in [2.45, 2.75) is 41.2 Å². The minimum Gasteiger partial charge on any atom is -0.490 e. The number of carbonyl (C=O) groups excluding carboxylic acids is 1. The van der Waals surface area contributed by atoms with Crippen molar-refractivity contribution in [3.8, 4) is 17.2 Å². The topological polar surface area (TPSA) is 71.3 Å². The largest absolute Gasteiger partial charge is 0.490 e. The zero-order valence-corrected chi connectivity index (χ0v) is 21.0. The van der Waals surface area contributed by atoms with Crippen LogP contribution in [0.1, 0.15) is 42.3 Å². The van der Waals surface area contributed by atoms with Crippen molar-refractivity contribution in [3.63, 3.8) is 0 Å². The molecule has 0 saturated heterocycles. The molecule has 0 saturated carbocycles. The number of aromatic nitrogens is 1. The molecule has 3 aromatic rings. The van der Waals surface area contributed by atoms with Gasteiger partial charge in [-0.2, -0.15) is 4.99 Å². The molecule has 0 aliphatic carbocycles. The molecule has 0 radical (unpaired) electrons. The molecule has 8 heteroatoms. The van der Waals surface area contributed by atoms with E-state index in [9.17, 15) is 4.79 Å². The first-order valence-corrected chi connectivity index (χ1v) is 12.0. The molecule has 0 aliphatic rings. The van der Waals surface area contributed by atoms with E-state index in [4.69, 9.17) is 18.9 Å². The highest BCUT2D eigenvalue weighted by Crippen LogP contribution is 2.39. The van der Waals surface area contributed by atoms with Crippen LogP contribution in [0.2, 0.25) is 0 Å². The fourth-order valence-corrected chi connectivity index (χ4v) is 4.76.